The van der Waals surface area contributed by atoms with Crippen LogP contribution in [0.3, 0.4) is 0 Å². The average molecular weight is 462 g/mol. The highest BCUT2D eigenvalue weighted by molar-refractivity contribution is 6.21. The van der Waals surface area contributed by atoms with E-state index in [1.807, 2.05) is 24.3 Å². The predicted molar refractivity (Wildman–Crippen MR) is 127 cm³/mol. The van der Waals surface area contributed by atoms with Crippen molar-refractivity contribution in [2.75, 3.05) is 13.7 Å². The summed E-state index contributed by atoms with van der Waals surface area (Å²) in [6, 6.07) is 15.6. The third kappa shape index (κ3) is 5.01. The minimum atomic E-state index is -0.683. The minimum Gasteiger partial charge on any atom is -0.481 e. The van der Waals surface area contributed by atoms with E-state index in [1.165, 1.54) is 4.90 Å². The minimum absolute atomic E-state index is 0.0183. The monoisotopic (exact) mass is 461 g/mol. The average Bonchev–Trinajstić information content (AvgIpc) is 3.02. The van der Waals surface area contributed by atoms with Gasteiger partial charge in [0.25, 0.3) is 11.8 Å². The zero-order valence-electron chi connectivity index (χ0n) is 19.6. The molecule has 34 heavy (non-hydrogen) atoms. The molecule has 1 N–H and O–H groups in total. The molecule has 8 nitrogen and oxygen atoms in total. The van der Waals surface area contributed by atoms with Crippen molar-refractivity contribution in [2.24, 2.45) is 0 Å². The van der Waals surface area contributed by atoms with Crippen LogP contribution in [0.15, 0.2) is 54.6 Å². The summed E-state index contributed by atoms with van der Waals surface area (Å²) in [6.07, 6.45) is -0.226. The van der Waals surface area contributed by atoms with Gasteiger partial charge < -0.3 is 14.8 Å². The lowest BCUT2D eigenvalue weighted by atomic mass is 10.0. The molecule has 0 spiro atoms. The van der Waals surface area contributed by atoms with Crippen LogP contribution >= 0.6 is 0 Å². The highest BCUT2D eigenvalue weighted by atomic mass is 16.6. The number of benzene rings is 2. The number of amides is 3. The first-order valence-electron chi connectivity index (χ1n) is 11.0. The number of hydrogen-bond acceptors (Lipinski definition) is 6. The van der Waals surface area contributed by atoms with E-state index in [0.717, 1.165) is 16.5 Å². The van der Waals surface area contributed by atoms with Crippen LogP contribution in [-0.4, -0.2) is 53.1 Å². The molecule has 0 saturated carbocycles. The quantitative estimate of drug-likeness (QED) is 0.558. The molecule has 1 aliphatic rings. The third-order valence-electron chi connectivity index (χ3n) is 5.42. The van der Waals surface area contributed by atoms with Gasteiger partial charge in [-0.3, -0.25) is 14.5 Å². The van der Waals surface area contributed by atoms with Crippen LogP contribution in [0.4, 0.5) is 4.79 Å². The number of aromatic nitrogens is 1. The number of imide groups is 1. The second-order valence-corrected chi connectivity index (χ2v) is 9.19. The van der Waals surface area contributed by atoms with Crippen molar-refractivity contribution in [2.45, 2.75) is 38.8 Å². The van der Waals surface area contributed by atoms with E-state index >= 15 is 0 Å². The van der Waals surface area contributed by atoms with Crippen molar-refractivity contribution in [1.29, 1.82) is 0 Å². The van der Waals surface area contributed by atoms with Crippen LogP contribution in [0.5, 0.6) is 5.88 Å². The van der Waals surface area contributed by atoms with Crippen molar-refractivity contribution in [3.63, 3.8) is 0 Å². The van der Waals surface area contributed by atoms with Gasteiger partial charge >= 0.3 is 6.09 Å². The number of ether oxygens (including phenoxy) is 2. The normalized spacial score (nSPS) is 14.2. The Morgan fingerprint density at radius 1 is 1.03 bits per heavy atom. The van der Waals surface area contributed by atoms with Gasteiger partial charge in [-0.1, -0.05) is 18.2 Å². The molecule has 2 heterocycles. The first kappa shape index (κ1) is 23.2. The molecule has 3 amide bonds. The Balaban J connectivity index is 1.58. The van der Waals surface area contributed by atoms with Crippen molar-refractivity contribution < 1.29 is 23.9 Å². The Hall–Kier alpha value is -3.94. The van der Waals surface area contributed by atoms with E-state index in [4.69, 9.17) is 9.47 Å². The summed E-state index contributed by atoms with van der Waals surface area (Å²) in [4.78, 5) is 43.9. The van der Waals surface area contributed by atoms with Crippen LogP contribution in [0.2, 0.25) is 0 Å². The second-order valence-electron chi connectivity index (χ2n) is 9.19. The molecule has 8 heteroatoms. The number of nitrogens with zero attached hydrogens (tertiary/aromatic N) is 2. The first-order chi connectivity index (χ1) is 16.1. The van der Waals surface area contributed by atoms with E-state index in [1.54, 1.807) is 58.2 Å². The van der Waals surface area contributed by atoms with Crippen molar-refractivity contribution in [1.82, 2.24) is 15.2 Å². The molecule has 176 valence electrons. The molecule has 0 bridgehead atoms. The number of pyridine rings is 1. The molecule has 0 aliphatic carbocycles. The number of rotatable bonds is 6. The summed E-state index contributed by atoms with van der Waals surface area (Å²) in [7, 11) is 1.56. The molecule has 1 atom stereocenters. The highest BCUT2D eigenvalue weighted by Gasteiger charge is 2.37. The van der Waals surface area contributed by atoms with Gasteiger partial charge in [-0.25, -0.2) is 9.78 Å². The molecule has 2 aromatic carbocycles. The Kier molecular flexibility index (Phi) is 6.24. The zero-order valence-corrected chi connectivity index (χ0v) is 19.6. The van der Waals surface area contributed by atoms with Crippen LogP contribution in [0, 0.1) is 0 Å². The summed E-state index contributed by atoms with van der Waals surface area (Å²) < 4.78 is 10.6. The van der Waals surface area contributed by atoms with Crippen LogP contribution < -0.4 is 10.1 Å². The lowest BCUT2D eigenvalue weighted by molar-refractivity contribution is 0.0468. The van der Waals surface area contributed by atoms with Crippen LogP contribution in [-0.2, 0) is 11.2 Å². The van der Waals surface area contributed by atoms with E-state index in [2.05, 4.69) is 10.3 Å². The van der Waals surface area contributed by atoms with Gasteiger partial charge in [0.15, 0.2) is 0 Å². The summed E-state index contributed by atoms with van der Waals surface area (Å²) in [5, 5.41) is 3.75. The van der Waals surface area contributed by atoms with Gasteiger partial charge in [0.1, 0.15) is 5.60 Å². The maximum atomic E-state index is 12.9. The van der Waals surface area contributed by atoms with Crippen LogP contribution in [0.1, 0.15) is 47.1 Å². The fraction of sp³-hybridized carbons (Fsp3) is 0.308. The van der Waals surface area contributed by atoms with Gasteiger partial charge in [0.2, 0.25) is 5.88 Å². The second kappa shape index (κ2) is 9.13. The SMILES string of the molecule is COc1ccc2cc(CC(CN3C(=O)c4ccccc4C3=O)NC(=O)OC(C)(C)C)ccc2n1. The Bertz CT molecular complexity index is 1230. The largest absolute Gasteiger partial charge is 0.481 e. The number of fused-ring (bicyclic) bond motifs is 2. The summed E-state index contributed by atoms with van der Waals surface area (Å²) in [5.41, 5.74) is 1.75. The van der Waals surface area contributed by atoms with E-state index in [0.29, 0.717) is 23.4 Å². The standard InChI is InChI=1S/C26H27N3O5/c1-26(2,3)34-25(32)27-18(15-29-23(30)19-7-5-6-8-20(19)24(29)31)14-16-9-11-21-17(13-16)10-12-22(28-21)33-4/h5-13,18H,14-15H2,1-4H3,(H,27,32). The van der Waals surface area contributed by atoms with E-state index in [9.17, 15) is 14.4 Å². The summed E-state index contributed by atoms with van der Waals surface area (Å²) >= 11 is 0. The smallest absolute Gasteiger partial charge is 0.407 e. The Morgan fingerprint density at radius 3 is 2.32 bits per heavy atom. The van der Waals surface area contributed by atoms with Crippen molar-refractivity contribution in [3.05, 3.63) is 71.3 Å². The maximum absolute atomic E-state index is 12.9. The van der Waals surface area contributed by atoms with Crippen LogP contribution in [0.25, 0.3) is 10.9 Å². The Morgan fingerprint density at radius 2 is 1.71 bits per heavy atom. The number of nitrogens with one attached hydrogen (secondary N) is 1. The fourth-order valence-corrected chi connectivity index (χ4v) is 3.94. The number of alkyl carbamates (subject to hydrolysis) is 1. The topological polar surface area (TPSA) is 97.8 Å². The van der Waals surface area contributed by atoms with E-state index < -0.39 is 17.7 Å². The van der Waals surface area contributed by atoms with Crippen molar-refractivity contribution >= 4 is 28.8 Å². The molecule has 4 rings (SSSR count). The number of carbonyl (C=O) groups is 3. The van der Waals surface area contributed by atoms with Gasteiger partial charge in [-0.2, -0.15) is 0 Å². The lowest BCUT2D eigenvalue weighted by Crippen LogP contribution is -2.48. The molecule has 0 fully saturated rings. The maximum Gasteiger partial charge on any atom is 0.407 e. The molecule has 1 aliphatic heterocycles. The lowest BCUT2D eigenvalue weighted by Gasteiger charge is -2.26. The number of carbonyl (C=O) groups excluding carboxylic acids is 3. The van der Waals surface area contributed by atoms with Gasteiger partial charge in [0.05, 0.1) is 36.3 Å². The Labute approximate surface area is 197 Å². The van der Waals surface area contributed by atoms with Gasteiger partial charge in [0, 0.05) is 11.5 Å². The first-order valence-corrected chi connectivity index (χ1v) is 11.0. The van der Waals surface area contributed by atoms with E-state index in [-0.39, 0.29) is 18.4 Å². The predicted octanol–water partition coefficient (Wildman–Crippen LogP) is 3.98. The molecular weight excluding hydrogens is 434 g/mol. The molecule has 3 aromatic rings. The van der Waals surface area contributed by atoms with Gasteiger partial charge in [-0.15, -0.1) is 0 Å². The molecule has 0 radical (unpaired) electrons. The van der Waals surface area contributed by atoms with Gasteiger partial charge in [-0.05, 0) is 63.1 Å². The third-order valence-corrected chi connectivity index (χ3v) is 5.42. The fourth-order valence-electron chi connectivity index (χ4n) is 3.94. The highest BCUT2D eigenvalue weighted by Crippen LogP contribution is 2.24. The molecule has 0 saturated heterocycles. The molecule has 1 unspecified atom stereocenters. The summed E-state index contributed by atoms with van der Waals surface area (Å²) in [6.45, 7) is 5.34. The molecule has 1 aromatic heterocycles. The zero-order chi connectivity index (χ0) is 24.5. The molecular formula is C26H27N3O5. The number of hydrogen-bond donors (Lipinski definition) is 1. The van der Waals surface area contributed by atoms with Crippen molar-refractivity contribution in [3.8, 4) is 5.88 Å². The summed E-state index contributed by atoms with van der Waals surface area (Å²) in [5.74, 6) is -0.215. The number of methoxy groups -OCH3 is 1.